The minimum Gasteiger partial charge on any atom is -0.424 e. The van der Waals surface area contributed by atoms with Crippen LogP contribution in [0.4, 0.5) is 0 Å². The molecule has 0 saturated carbocycles. The summed E-state index contributed by atoms with van der Waals surface area (Å²) in [6.07, 6.45) is 0. The molecule has 0 fully saturated rings. The third-order valence-electron chi connectivity index (χ3n) is 4.38. The predicted octanol–water partition coefficient (Wildman–Crippen LogP) is 1.25. The zero-order chi connectivity index (χ0) is 18.8. The lowest BCUT2D eigenvalue weighted by molar-refractivity contribution is -0.136. The molecule has 6 nitrogen and oxygen atoms in total. The van der Waals surface area contributed by atoms with Gasteiger partial charge in [-0.3, -0.25) is 4.79 Å². The highest BCUT2D eigenvalue weighted by Gasteiger charge is 2.28. The van der Waals surface area contributed by atoms with Crippen molar-refractivity contribution in [1.82, 2.24) is 5.32 Å². The Kier molecular flexibility index (Phi) is 5.11. The zero-order valence-corrected chi connectivity index (χ0v) is 14.9. The number of hydrogen-bond acceptors (Lipinski definition) is 5. The Morgan fingerprint density at radius 2 is 1.92 bits per heavy atom. The molecule has 1 heterocycles. The summed E-state index contributed by atoms with van der Waals surface area (Å²) in [5, 5.41) is 12.4. The number of carbonyl (C=O) groups is 2. The quantitative estimate of drug-likeness (QED) is 0.491. The Balaban J connectivity index is 1.68. The van der Waals surface area contributed by atoms with Crippen LogP contribution in [0.15, 0.2) is 36.4 Å². The highest BCUT2D eigenvalue weighted by atomic mass is 16.5. The van der Waals surface area contributed by atoms with Crippen LogP contribution in [-0.4, -0.2) is 30.1 Å². The molecule has 1 atom stereocenters. The van der Waals surface area contributed by atoms with Crippen LogP contribution in [0.3, 0.4) is 0 Å². The molecule has 26 heavy (non-hydrogen) atoms. The van der Waals surface area contributed by atoms with Gasteiger partial charge in [0.2, 0.25) is 0 Å². The van der Waals surface area contributed by atoms with E-state index in [1.54, 1.807) is 25.1 Å². The van der Waals surface area contributed by atoms with Crippen molar-refractivity contribution in [3.8, 4) is 5.75 Å². The van der Waals surface area contributed by atoms with E-state index in [1.165, 1.54) is 0 Å². The van der Waals surface area contributed by atoms with Crippen molar-refractivity contribution in [2.24, 2.45) is 0 Å². The van der Waals surface area contributed by atoms with E-state index in [0.717, 1.165) is 16.7 Å². The van der Waals surface area contributed by atoms with Crippen LogP contribution >= 0.6 is 0 Å². The largest absolute Gasteiger partial charge is 0.491 e. The van der Waals surface area contributed by atoms with Gasteiger partial charge in [-0.1, -0.05) is 24.3 Å². The van der Waals surface area contributed by atoms with E-state index in [2.05, 4.69) is 5.32 Å². The monoisotopic (exact) mass is 353 g/mol. The maximum atomic E-state index is 12.4. The van der Waals surface area contributed by atoms with Crippen LogP contribution in [0.2, 0.25) is 0 Å². The molecular formula is C19H20BNO5. The molecular weight excluding hydrogens is 333 g/mol. The molecule has 0 unspecified atom stereocenters. The molecule has 0 bridgehead atoms. The molecule has 0 spiro atoms. The third-order valence-corrected chi connectivity index (χ3v) is 4.38. The number of hydrogen-bond donors (Lipinski definition) is 2. The molecule has 0 radical (unpaired) electrons. The number of amides is 1. The Morgan fingerprint density at radius 1 is 1.23 bits per heavy atom. The fourth-order valence-corrected chi connectivity index (χ4v) is 2.84. The van der Waals surface area contributed by atoms with Crippen LogP contribution in [0.1, 0.15) is 34.0 Å². The minimum atomic E-state index is -1.02. The number of aryl methyl sites for hydroxylation is 2. The number of fused-ring (bicyclic) bond motifs is 1. The second kappa shape index (κ2) is 7.31. The van der Waals surface area contributed by atoms with Gasteiger partial charge in [0, 0.05) is 5.56 Å². The van der Waals surface area contributed by atoms with Crippen molar-refractivity contribution in [3.63, 3.8) is 0 Å². The van der Waals surface area contributed by atoms with Crippen LogP contribution < -0.4 is 15.5 Å². The summed E-state index contributed by atoms with van der Waals surface area (Å²) in [7, 11) is -1.02. The molecule has 1 amide bonds. The smallest absolute Gasteiger partial charge is 0.424 e. The van der Waals surface area contributed by atoms with Gasteiger partial charge in [-0.2, -0.15) is 0 Å². The minimum absolute atomic E-state index is 0.316. The summed E-state index contributed by atoms with van der Waals surface area (Å²) in [5.41, 5.74) is 3.47. The van der Waals surface area contributed by atoms with E-state index in [0.29, 0.717) is 23.4 Å². The van der Waals surface area contributed by atoms with E-state index in [1.807, 2.05) is 32.0 Å². The van der Waals surface area contributed by atoms with E-state index in [9.17, 15) is 14.6 Å². The van der Waals surface area contributed by atoms with Crippen molar-refractivity contribution in [3.05, 3.63) is 58.7 Å². The standard InChI is InChI=1S/C19H20BNO5/c1-11-5-4-6-12(2)17(11)26-19(23)13(3)21-18(22)14-7-8-15-10-25-20(24)16(15)9-14/h4-9,13,24H,10H2,1-3H3,(H,21,22)/t13-/m0/s1. The summed E-state index contributed by atoms with van der Waals surface area (Å²) in [5.74, 6) is -0.450. The number of nitrogens with one attached hydrogen (secondary N) is 1. The summed E-state index contributed by atoms with van der Waals surface area (Å²) in [4.78, 5) is 24.7. The molecule has 0 saturated heterocycles. The van der Waals surface area contributed by atoms with Gasteiger partial charge >= 0.3 is 13.1 Å². The van der Waals surface area contributed by atoms with Gasteiger partial charge in [0.1, 0.15) is 11.8 Å². The Morgan fingerprint density at radius 3 is 2.62 bits per heavy atom. The van der Waals surface area contributed by atoms with E-state index in [4.69, 9.17) is 9.39 Å². The van der Waals surface area contributed by atoms with Crippen molar-refractivity contribution in [2.45, 2.75) is 33.4 Å². The van der Waals surface area contributed by atoms with Crippen molar-refractivity contribution in [1.29, 1.82) is 0 Å². The molecule has 3 rings (SSSR count). The van der Waals surface area contributed by atoms with Crippen molar-refractivity contribution in [2.75, 3.05) is 0 Å². The fraction of sp³-hybridized carbons (Fsp3) is 0.263. The number of para-hydroxylation sites is 1. The second-order valence-corrected chi connectivity index (χ2v) is 6.41. The van der Waals surface area contributed by atoms with E-state index in [-0.39, 0.29) is 0 Å². The number of rotatable bonds is 4. The lowest BCUT2D eigenvalue weighted by Crippen LogP contribution is -2.41. The van der Waals surface area contributed by atoms with Gasteiger partial charge in [0.05, 0.1) is 6.61 Å². The molecule has 2 aromatic rings. The van der Waals surface area contributed by atoms with E-state index >= 15 is 0 Å². The molecule has 0 aromatic heterocycles. The van der Waals surface area contributed by atoms with Crippen LogP contribution in [0.25, 0.3) is 0 Å². The second-order valence-electron chi connectivity index (χ2n) is 6.41. The number of carbonyl (C=O) groups excluding carboxylic acids is 2. The first-order valence-corrected chi connectivity index (χ1v) is 8.38. The van der Waals surface area contributed by atoms with Gasteiger partial charge in [0.15, 0.2) is 0 Å². The molecule has 0 aliphatic carbocycles. The Hall–Kier alpha value is -2.64. The fourth-order valence-electron chi connectivity index (χ4n) is 2.84. The normalized spacial score (nSPS) is 13.9. The Bertz CT molecular complexity index is 847. The first kappa shape index (κ1) is 18.2. The maximum absolute atomic E-state index is 12.4. The van der Waals surface area contributed by atoms with Crippen LogP contribution in [0, 0.1) is 13.8 Å². The van der Waals surface area contributed by atoms with E-state index < -0.39 is 25.0 Å². The van der Waals surface area contributed by atoms with Gasteiger partial charge < -0.3 is 19.7 Å². The van der Waals surface area contributed by atoms with Gasteiger partial charge in [-0.05, 0) is 55.1 Å². The third kappa shape index (κ3) is 3.64. The highest BCUT2D eigenvalue weighted by Crippen LogP contribution is 2.22. The number of benzene rings is 2. The molecule has 1 aliphatic rings. The zero-order valence-electron chi connectivity index (χ0n) is 14.9. The van der Waals surface area contributed by atoms with Gasteiger partial charge in [-0.25, -0.2) is 4.79 Å². The highest BCUT2D eigenvalue weighted by molar-refractivity contribution is 6.61. The predicted molar refractivity (Wildman–Crippen MR) is 97.3 cm³/mol. The van der Waals surface area contributed by atoms with Crippen LogP contribution in [0.5, 0.6) is 5.75 Å². The molecule has 134 valence electrons. The lowest BCUT2D eigenvalue weighted by atomic mass is 9.79. The summed E-state index contributed by atoms with van der Waals surface area (Å²) in [6, 6.07) is 9.73. The lowest BCUT2D eigenvalue weighted by Gasteiger charge is -2.16. The molecule has 2 N–H and O–H groups in total. The SMILES string of the molecule is Cc1cccc(C)c1OC(=O)[C@H](C)NC(=O)c1ccc2c(c1)B(O)OC2. The topological polar surface area (TPSA) is 84.9 Å². The molecule has 2 aromatic carbocycles. The summed E-state index contributed by atoms with van der Waals surface area (Å²) < 4.78 is 10.6. The summed E-state index contributed by atoms with van der Waals surface area (Å²) in [6.45, 7) is 5.60. The number of esters is 1. The average molecular weight is 353 g/mol. The van der Waals surface area contributed by atoms with Crippen molar-refractivity contribution >= 4 is 24.5 Å². The average Bonchev–Trinajstić information content (AvgIpc) is 2.98. The Labute approximate surface area is 152 Å². The van der Waals surface area contributed by atoms with Crippen molar-refractivity contribution < 1.29 is 24.0 Å². The van der Waals surface area contributed by atoms with Gasteiger partial charge in [-0.15, -0.1) is 0 Å². The van der Waals surface area contributed by atoms with Crippen LogP contribution in [-0.2, 0) is 16.1 Å². The first-order valence-electron chi connectivity index (χ1n) is 8.38. The molecule has 7 heteroatoms. The first-order chi connectivity index (χ1) is 12.4. The summed E-state index contributed by atoms with van der Waals surface area (Å²) >= 11 is 0. The van der Waals surface area contributed by atoms with Gasteiger partial charge in [0.25, 0.3) is 5.91 Å². The number of ether oxygens (including phenoxy) is 1. The molecule has 1 aliphatic heterocycles. The maximum Gasteiger partial charge on any atom is 0.491 e.